The van der Waals surface area contributed by atoms with E-state index in [9.17, 15) is 0 Å². The first-order valence-corrected chi connectivity index (χ1v) is 7.19. The molecular formula is C15H12IN3. The summed E-state index contributed by atoms with van der Waals surface area (Å²) in [7, 11) is 0. The number of halogens is 1. The molecule has 0 radical (unpaired) electrons. The molecule has 0 saturated heterocycles. The summed E-state index contributed by atoms with van der Waals surface area (Å²) >= 11 is 2.17. The number of aromatic nitrogens is 3. The van der Waals surface area contributed by atoms with Crippen molar-refractivity contribution in [1.82, 2.24) is 15.0 Å². The van der Waals surface area contributed by atoms with Crippen LogP contribution in [0.1, 0.15) is 18.0 Å². The molecule has 94 valence electrons. The maximum atomic E-state index is 4.55. The molecule has 2 aromatic rings. The summed E-state index contributed by atoms with van der Waals surface area (Å²) in [5.41, 5.74) is 3.03. The van der Waals surface area contributed by atoms with Gasteiger partial charge in [0, 0.05) is 46.5 Å². The third-order valence-corrected chi connectivity index (χ3v) is 3.52. The molecule has 0 spiro atoms. The number of pyridine rings is 1. The number of hydrogen-bond donors (Lipinski definition) is 0. The van der Waals surface area contributed by atoms with Gasteiger partial charge in [0.25, 0.3) is 0 Å². The van der Waals surface area contributed by atoms with Gasteiger partial charge in [-0.1, -0.05) is 24.3 Å². The lowest BCUT2D eigenvalue weighted by Gasteiger charge is -2.13. The van der Waals surface area contributed by atoms with Crippen molar-refractivity contribution in [3.8, 4) is 11.3 Å². The highest BCUT2D eigenvalue weighted by atomic mass is 127. The molecule has 19 heavy (non-hydrogen) atoms. The zero-order valence-corrected chi connectivity index (χ0v) is 12.4. The van der Waals surface area contributed by atoms with Gasteiger partial charge in [-0.15, -0.1) is 0 Å². The van der Waals surface area contributed by atoms with Crippen molar-refractivity contribution in [3.63, 3.8) is 0 Å². The molecule has 2 heterocycles. The number of rotatable bonds is 2. The van der Waals surface area contributed by atoms with Crippen LogP contribution in [0.25, 0.3) is 11.3 Å². The predicted octanol–water partition coefficient (Wildman–Crippen LogP) is 3.74. The van der Waals surface area contributed by atoms with Crippen molar-refractivity contribution < 1.29 is 0 Å². The fourth-order valence-corrected chi connectivity index (χ4v) is 2.63. The summed E-state index contributed by atoms with van der Waals surface area (Å²) in [6.45, 7) is 0. The second-order valence-corrected chi connectivity index (χ2v) is 5.31. The molecule has 0 N–H and O–H groups in total. The SMILES string of the molecule is Ic1nc(-c2cccnc2)cc(C2C=CC=CC2)n1. The Morgan fingerprint density at radius 2 is 2.16 bits per heavy atom. The first-order valence-electron chi connectivity index (χ1n) is 6.11. The highest BCUT2D eigenvalue weighted by Crippen LogP contribution is 2.26. The average molecular weight is 361 g/mol. The van der Waals surface area contributed by atoms with Gasteiger partial charge >= 0.3 is 0 Å². The topological polar surface area (TPSA) is 38.7 Å². The Hall–Kier alpha value is -1.56. The van der Waals surface area contributed by atoms with Gasteiger partial charge in [-0.2, -0.15) is 0 Å². The van der Waals surface area contributed by atoms with Crippen LogP contribution in [0.2, 0.25) is 0 Å². The van der Waals surface area contributed by atoms with E-state index in [0.717, 1.165) is 27.2 Å². The Balaban J connectivity index is 2.01. The minimum Gasteiger partial charge on any atom is -0.264 e. The molecule has 4 heteroatoms. The van der Waals surface area contributed by atoms with Crippen LogP contribution in [0, 0.1) is 3.83 Å². The van der Waals surface area contributed by atoms with E-state index in [1.165, 1.54) is 0 Å². The van der Waals surface area contributed by atoms with Crippen molar-refractivity contribution in [3.05, 3.63) is 64.4 Å². The van der Waals surface area contributed by atoms with Crippen molar-refractivity contribution in [1.29, 1.82) is 0 Å². The zero-order chi connectivity index (χ0) is 13.1. The molecule has 0 saturated carbocycles. The Morgan fingerprint density at radius 3 is 2.89 bits per heavy atom. The molecule has 1 unspecified atom stereocenters. The average Bonchev–Trinajstić information content (AvgIpc) is 2.48. The summed E-state index contributed by atoms with van der Waals surface area (Å²) in [4.78, 5) is 13.2. The quantitative estimate of drug-likeness (QED) is 0.604. The van der Waals surface area contributed by atoms with Crippen molar-refractivity contribution in [2.24, 2.45) is 0 Å². The summed E-state index contributed by atoms with van der Waals surface area (Å²) in [5.74, 6) is 0.344. The van der Waals surface area contributed by atoms with E-state index < -0.39 is 0 Å². The minimum atomic E-state index is 0.344. The summed E-state index contributed by atoms with van der Waals surface area (Å²) in [6.07, 6.45) is 13.1. The monoisotopic (exact) mass is 361 g/mol. The van der Waals surface area contributed by atoms with Crippen LogP contribution < -0.4 is 0 Å². The molecule has 1 atom stereocenters. The number of hydrogen-bond acceptors (Lipinski definition) is 3. The van der Waals surface area contributed by atoms with Gasteiger partial charge in [-0.25, -0.2) is 9.97 Å². The second kappa shape index (κ2) is 5.61. The molecule has 0 fully saturated rings. The van der Waals surface area contributed by atoms with Crippen LogP contribution in [0.15, 0.2) is 54.9 Å². The highest BCUT2D eigenvalue weighted by Gasteiger charge is 2.13. The lowest BCUT2D eigenvalue weighted by Crippen LogP contribution is -2.03. The first-order chi connectivity index (χ1) is 9.33. The molecule has 0 bridgehead atoms. The molecular weight excluding hydrogens is 349 g/mol. The summed E-state index contributed by atoms with van der Waals surface area (Å²) < 4.78 is 0.775. The summed E-state index contributed by atoms with van der Waals surface area (Å²) in [5, 5.41) is 0. The smallest absolute Gasteiger partial charge is 0.191 e. The Kier molecular flexibility index (Phi) is 3.68. The highest BCUT2D eigenvalue weighted by molar-refractivity contribution is 14.1. The number of nitrogens with zero attached hydrogens (tertiary/aromatic N) is 3. The minimum absolute atomic E-state index is 0.344. The molecule has 3 nitrogen and oxygen atoms in total. The largest absolute Gasteiger partial charge is 0.264 e. The lowest BCUT2D eigenvalue weighted by molar-refractivity contribution is 0.802. The van der Waals surface area contributed by atoms with Crippen molar-refractivity contribution >= 4 is 22.6 Å². The van der Waals surface area contributed by atoms with Gasteiger partial charge < -0.3 is 0 Å². The zero-order valence-electron chi connectivity index (χ0n) is 10.2. The van der Waals surface area contributed by atoms with Gasteiger partial charge in [0.2, 0.25) is 0 Å². The Labute approximate surface area is 125 Å². The van der Waals surface area contributed by atoms with Gasteiger partial charge in [0.15, 0.2) is 3.83 Å². The number of allylic oxidation sites excluding steroid dienone is 4. The Bertz CT molecular complexity index is 635. The van der Waals surface area contributed by atoms with Gasteiger partial charge in [0.05, 0.1) is 11.4 Å². The van der Waals surface area contributed by atoms with Crippen LogP contribution in [0.4, 0.5) is 0 Å². The molecule has 1 aliphatic rings. The standard InChI is InChI=1S/C15H12IN3/c16-15-18-13(11-5-2-1-3-6-11)9-14(19-15)12-7-4-8-17-10-12/h1-5,7-11H,6H2. The molecule has 1 aliphatic carbocycles. The van der Waals surface area contributed by atoms with E-state index in [-0.39, 0.29) is 0 Å². The van der Waals surface area contributed by atoms with Crippen molar-refractivity contribution in [2.75, 3.05) is 0 Å². The normalized spacial score (nSPS) is 17.6. The van der Waals surface area contributed by atoms with Crippen LogP contribution in [0.3, 0.4) is 0 Å². The molecule has 0 amide bonds. The maximum absolute atomic E-state index is 4.55. The molecule has 0 aromatic carbocycles. The lowest BCUT2D eigenvalue weighted by atomic mass is 9.96. The van der Waals surface area contributed by atoms with Crippen LogP contribution in [-0.4, -0.2) is 15.0 Å². The van der Waals surface area contributed by atoms with Gasteiger partial charge in [-0.05, 0) is 24.6 Å². The fraction of sp³-hybridized carbons (Fsp3) is 0.133. The predicted molar refractivity (Wildman–Crippen MR) is 83.6 cm³/mol. The van der Waals surface area contributed by atoms with E-state index in [0.29, 0.717) is 5.92 Å². The maximum Gasteiger partial charge on any atom is 0.191 e. The molecule has 3 rings (SSSR count). The van der Waals surface area contributed by atoms with E-state index >= 15 is 0 Å². The molecule has 2 aromatic heterocycles. The van der Waals surface area contributed by atoms with Gasteiger partial charge in [-0.3, -0.25) is 4.98 Å². The van der Waals surface area contributed by atoms with E-state index in [2.05, 4.69) is 67.9 Å². The van der Waals surface area contributed by atoms with Crippen LogP contribution in [0.5, 0.6) is 0 Å². The fourth-order valence-electron chi connectivity index (χ4n) is 2.09. The van der Waals surface area contributed by atoms with Crippen LogP contribution in [-0.2, 0) is 0 Å². The first kappa shape index (κ1) is 12.5. The van der Waals surface area contributed by atoms with Crippen molar-refractivity contribution in [2.45, 2.75) is 12.3 Å². The second-order valence-electron chi connectivity index (χ2n) is 4.34. The van der Waals surface area contributed by atoms with E-state index in [4.69, 9.17) is 0 Å². The summed E-state index contributed by atoms with van der Waals surface area (Å²) in [6, 6.07) is 6.01. The van der Waals surface area contributed by atoms with Gasteiger partial charge in [0.1, 0.15) is 0 Å². The third kappa shape index (κ3) is 2.89. The Morgan fingerprint density at radius 1 is 1.21 bits per heavy atom. The third-order valence-electron chi connectivity index (χ3n) is 3.04. The van der Waals surface area contributed by atoms with Crippen LogP contribution >= 0.6 is 22.6 Å². The van der Waals surface area contributed by atoms with E-state index in [1.54, 1.807) is 6.20 Å². The molecule has 0 aliphatic heterocycles. The van der Waals surface area contributed by atoms with E-state index in [1.807, 2.05) is 18.3 Å².